The molecule has 10 nitrogen and oxygen atoms in total. The number of nitro benzene ring substituents is 1. The topological polar surface area (TPSA) is 136 Å². The van der Waals surface area contributed by atoms with Crippen LogP contribution in [0, 0.1) is 16.0 Å². The lowest BCUT2D eigenvalue weighted by atomic mass is 9.89. The zero-order valence-corrected chi connectivity index (χ0v) is 16.6. The molecule has 1 aliphatic heterocycles. The third-order valence-corrected chi connectivity index (χ3v) is 5.43. The minimum absolute atomic E-state index is 0.139. The summed E-state index contributed by atoms with van der Waals surface area (Å²) in [6.07, 6.45) is 4.51. The van der Waals surface area contributed by atoms with Crippen LogP contribution < -0.4 is 5.32 Å². The van der Waals surface area contributed by atoms with Crippen molar-refractivity contribution in [2.24, 2.45) is 5.92 Å². The molecule has 3 amide bonds. The van der Waals surface area contributed by atoms with Crippen LogP contribution in [0.25, 0.3) is 0 Å². The van der Waals surface area contributed by atoms with Crippen molar-refractivity contribution < 1.29 is 28.8 Å². The SMILES string of the molecule is C[C@H](OC(=O)CN1C(=O)c2cccc([N+](=O)[O-])c2C1=O)C(=O)NCC1CCCCC1. The summed E-state index contributed by atoms with van der Waals surface area (Å²) < 4.78 is 5.06. The molecule has 0 spiro atoms. The molecule has 160 valence electrons. The lowest BCUT2D eigenvalue weighted by molar-refractivity contribution is -0.385. The maximum atomic E-state index is 12.5. The first-order chi connectivity index (χ1) is 14.3. The summed E-state index contributed by atoms with van der Waals surface area (Å²) in [5, 5.41) is 13.9. The van der Waals surface area contributed by atoms with Crippen molar-refractivity contribution >= 4 is 29.4 Å². The highest BCUT2D eigenvalue weighted by atomic mass is 16.6. The quantitative estimate of drug-likeness (QED) is 0.309. The fourth-order valence-corrected chi connectivity index (χ4v) is 3.81. The molecule has 1 saturated carbocycles. The number of amides is 3. The molecule has 30 heavy (non-hydrogen) atoms. The van der Waals surface area contributed by atoms with Crippen molar-refractivity contribution in [3.63, 3.8) is 0 Å². The normalized spacial score (nSPS) is 17.4. The molecule has 0 saturated heterocycles. The summed E-state index contributed by atoms with van der Waals surface area (Å²) in [5.74, 6) is -2.74. The van der Waals surface area contributed by atoms with Crippen molar-refractivity contribution in [3.8, 4) is 0 Å². The first kappa shape index (κ1) is 21.4. The number of carbonyl (C=O) groups excluding carboxylic acids is 4. The summed E-state index contributed by atoms with van der Waals surface area (Å²) in [4.78, 5) is 60.2. The zero-order valence-electron chi connectivity index (χ0n) is 16.6. The van der Waals surface area contributed by atoms with Crippen LogP contribution in [-0.4, -0.2) is 52.7 Å². The van der Waals surface area contributed by atoms with E-state index in [1.807, 2.05) is 0 Å². The first-order valence-corrected chi connectivity index (χ1v) is 9.90. The van der Waals surface area contributed by atoms with Crippen molar-refractivity contribution in [3.05, 3.63) is 39.4 Å². The number of imide groups is 1. The Morgan fingerprint density at radius 2 is 1.93 bits per heavy atom. The number of benzene rings is 1. The van der Waals surface area contributed by atoms with E-state index < -0.39 is 47.0 Å². The van der Waals surface area contributed by atoms with Gasteiger partial charge in [-0.15, -0.1) is 0 Å². The molecule has 10 heteroatoms. The summed E-state index contributed by atoms with van der Waals surface area (Å²) in [5.41, 5.74) is -0.990. The summed E-state index contributed by atoms with van der Waals surface area (Å²) in [6, 6.07) is 3.70. The number of carbonyl (C=O) groups is 4. The molecule has 0 unspecified atom stereocenters. The third kappa shape index (κ3) is 4.47. The number of hydrogen-bond acceptors (Lipinski definition) is 7. The number of nitrogens with one attached hydrogen (secondary N) is 1. The highest BCUT2D eigenvalue weighted by molar-refractivity contribution is 6.24. The molecule has 1 aromatic rings. The zero-order chi connectivity index (χ0) is 21.8. The van der Waals surface area contributed by atoms with Crippen molar-refractivity contribution in [1.29, 1.82) is 0 Å². The van der Waals surface area contributed by atoms with E-state index in [2.05, 4.69) is 5.32 Å². The van der Waals surface area contributed by atoms with Crippen LogP contribution in [0.5, 0.6) is 0 Å². The van der Waals surface area contributed by atoms with Crippen molar-refractivity contribution in [2.45, 2.75) is 45.1 Å². The molecule has 2 aliphatic rings. The van der Waals surface area contributed by atoms with E-state index in [1.54, 1.807) is 0 Å². The van der Waals surface area contributed by atoms with Gasteiger partial charge in [-0.2, -0.15) is 0 Å². The second-order valence-corrected chi connectivity index (χ2v) is 7.53. The molecule has 1 aromatic carbocycles. The predicted molar refractivity (Wildman–Crippen MR) is 104 cm³/mol. The highest BCUT2D eigenvalue weighted by Gasteiger charge is 2.42. The van der Waals surface area contributed by atoms with E-state index in [4.69, 9.17) is 4.74 Å². The third-order valence-electron chi connectivity index (χ3n) is 5.43. The molecule has 1 atom stereocenters. The molecule has 0 bridgehead atoms. The fourth-order valence-electron chi connectivity index (χ4n) is 3.81. The molecule has 1 N–H and O–H groups in total. The monoisotopic (exact) mass is 417 g/mol. The van der Waals surface area contributed by atoms with Gasteiger partial charge in [0.1, 0.15) is 12.1 Å². The Kier molecular flexibility index (Phi) is 6.43. The maximum Gasteiger partial charge on any atom is 0.326 e. The highest BCUT2D eigenvalue weighted by Crippen LogP contribution is 2.30. The van der Waals surface area contributed by atoms with Crippen LogP contribution in [0.2, 0.25) is 0 Å². The van der Waals surface area contributed by atoms with E-state index in [-0.39, 0.29) is 11.1 Å². The van der Waals surface area contributed by atoms with E-state index >= 15 is 0 Å². The van der Waals surface area contributed by atoms with Gasteiger partial charge in [-0.05, 0) is 31.7 Å². The van der Waals surface area contributed by atoms with Crippen LogP contribution in [0.4, 0.5) is 5.69 Å². The number of nitro groups is 1. The predicted octanol–water partition coefficient (Wildman–Crippen LogP) is 1.82. The summed E-state index contributed by atoms with van der Waals surface area (Å²) in [7, 11) is 0. The Balaban J connectivity index is 1.56. The number of fused-ring (bicyclic) bond motifs is 1. The van der Waals surface area contributed by atoms with Crippen LogP contribution >= 0.6 is 0 Å². The average molecular weight is 417 g/mol. The largest absolute Gasteiger partial charge is 0.451 e. The van der Waals surface area contributed by atoms with Gasteiger partial charge in [0.2, 0.25) is 0 Å². The Hall–Kier alpha value is -3.30. The average Bonchev–Trinajstić information content (AvgIpc) is 2.97. The molecule has 1 fully saturated rings. The van der Waals surface area contributed by atoms with E-state index in [0.29, 0.717) is 17.4 Å². The molecule has 1 aliphatic carbocycles. The van der Waals surface area contributed by atoms with E-state index in [9.17, 15) is 29.3 Å². The molecular weight excluding hydrogens is 394 g/mol. The number of ether oxygens (including phenoxy) is 1. The van der Waals surface area contributed by atoms with Gasteiger partial charge in [-0.25, -0.2) is 0 Å². The Labute approximate surface area is 172 Å². The lowest BCUT2D eigenvalue weighted by Gasteiger charge is -2.23. The number of esters is 1. The van der Waals surface area contributed by atoms with Gasteiger partial charge in [0, 0.05) is 12.6 Å². The smallest absolute Gasteiger partial charge is 0.326 e. The Morgan fingerprint density at radius 1 is 1.23 bits per heavy atom. The van der Waals surface area contributed by atoms with Gasteiger partial charge in [0.25, 0.3) is 23.4 Å². The number of hydrogen-bond donors (Lipinski definition) is 1. The number of rotatable bonds is 7. The van der Waals surface area contributed by atoms with Gasteiger partial charge < -0.3 is 10.1 Å². The lowest BCUT2D eigenvalue weighted by Crippen LogP contribution is -2.41. The molecule has 3 rings (SSSR count). The summed E-state index contributed by atoms with van der Waals surface area (Å²) in [6.45, 7) is 1.19. The first-order valence-electron chi connectivity index (χ1n) is 9.90. The molecule has 0 aromatic heterocycles. The second-order valence-electron chi connectivity index (χ2n) is 7.53. The standard InChI is InChI=1S/C20H23N3O7/c1-12(18(25)21-10-13-6-3-2-4-7-13)30-16(24)11-22-19(26)14-8-5-9-15(23(28)29)17(14)20(22)27/h5,8-9,12-13H,2-4,6-7,10-11H2,1H3,(H,21,25)/t12-/m0/s1. The van der Waals surface area contributed by atoms with Gasteiger partial charge in [0.05, 0.1) is 10.5 Å². The van der Waals surface area contributed by atoms with Gasteiger partial charge in [-0.1, -0.05) is 25.3 Å². The molecule has 0 radical (unpaired) electrons. The minimum Gasteiger partial charge on any atom is -0.451 e. The Bertz CT molecular complexity index is 892. The van der Waals surface area contributed by atoms with Gasteiger partial charge >= 0.3 is 5.97 Å². The number of nitrogens with zero attached hydrogens (tertiary/aromatic N) is 2. The van der Waals surface area contributed by atoms with Crippen LogP contribution in [0.3, 0.4) is 0 Å². The van der Waals surface area contributed by atoms with Crippen molar-refractivity contribution in [1.82, 2.24) is 10.2 Å². The molecular formula is C20H23N3O7. The maximum absolute atomic E-state index is 12.5. The second kappa shape index (κ2) is 9.02. The van der Waals surface area contributed by atoms with Crippen molar-refractivity contribution in [2.75, 3.05) is 13.1 Å². The minimum atomic E-state index is -1.09. The van der Waals surface area contributed by atoms with Crippen LogP contribution in [0.1, 0.15) is 59.7 Å². The fraction of sp³-hybridized carbons (Fsp3) is 0.500. The van der Waals surface area contributed by atoms with E-state index in [0.717, 1.165) is 31.7 Å². The van der Waals surface area contributed by atoms with Gasteiger partial charge in [-0.3, -0.25) is 34.2 Å². The van der Waals surface area contributed by atoms with Crippen LogP contribution in [-0.2, 0) is 14.3 Å². The summed E-state index contributed by atoms with van der Waals surface area (Å²) >= 11 is 0. The van der Waals surface area contributed by atoms with Crippen LogP contribution in [0.15, 0.2) is 18.2 Å². The molecule has 1 heterocycles. The Morgan fingerprint density at radius 3 is 2.60 bits per heavy atom. The van der Waals surface area contributed by atoms with Gasteiger partial charge in [0.15, 0.2) is 6.10 Å². The van der Waals surface area contributed by atoms with E-state index in [1.165, 1.54) is 25.5 Å².